The van der Waals surface area contributed by atoms with Gasteiger partial charge in [0.25, 0.3) is 0 Å². The summed E-state index contributed by atoms with van der Waals surface area (Å²) in [7, 11) is 0. The zero-order valence-electron chi connectivity index (χ0n) is 18.1. The van der Waals surface area contributed by atoms with Gasteiger partial charge in [0.15, 0.2) is 0 Å². The van der Waals surface area contributed by atoms with E-state index in [2.05, 4.69) is 50.3 Å². The first-order valence-electron chi connectivity index (χ1n) is 11.4. The first kappa shape index (κ1) is 25.7. The summed E-state index contributed by atoms with van der Waals surface area (Å²) >= 11 is 0. The van der Waals surface area contributed by atoms with E-state index in [0.717, 1.165) is 38.5 Å². The number of carbonyl (C=O) groups is 1. The van der Waals surface area contributed by atoms with Crippen LogP contribution in [0.5, 0.6) is 0 Å². The molecule has 0 saturated heterocycles. The van der Waals surface area contributed by atoms with Gasteiger partial charge in [0.05, 0.1) is 6.61 Å². The molecule has 0 rings (SSSR count). The van der Waals surface area contributed by atoms with Crippen molar-refractivity contribution in [1.29, 1.82) is 0 Å². The minimum Gasteiger partial charge on any atom is -0.466 e. The van der Waals surface area contributed by atoms with Gasteiger partial charge in [-0.2, -0.15) is 0 Å². The van der Waals surface area contributed by atoms with Crippen LogP contribution in [0.1, 0.15) is 110 Å². The van der Waals surface area contributed by atoms with Gasteiger partial charge in [-0.15, -0.1) is 0 Å². The van der Waals surface area contributed by atoms with E-state index in [-0.39, 0.29) is 5.97 Å². The van der Waals surface area contributed by atoms with Crippen molar-refractivity contribution in [1.82, 2.24) is 0 Å². The zero-order chi connectivity index (χ0) is 19.8. The molecule has 2 heteroatoms. The van der Waals surface area contributed by atoms with Crippen LogP contribution < -0.4 is 0 Å². The number of esters is 1. The third kappa shape index (κ3) is 22.6. The molecule has 0 aromatic rings. The molecule has 0 atom stereocenters. The van der Waals surface area contributed by atoms with E-state index in [4.69, 9.17) is 4.74 Å². The summed E-state index contributed by atoms with van der Waals surface area (Å²) in [4.78, 5) is 11.6. The van der Waals surface area contributed by atoms with Crippen LogP contribution in [0, 0.1) is 0 Å². The molecule has 2 nitrogen and oxygen atoms in total. The van der Waals surface area contributed by atoms with E-state index < -0.39 is 0 Å². The van der Waals surface area contributed by atoms with Gasteiger partial charge in [-0.1, -0.05) is 95.2 Å². The highest BCUT2D eigenvalue weighted by atomic mass is 16.5. The Labute approximate surface area is 169 Å². The van der Waals surface area contributed by atoms with Gasteiger partial charge in [0.1, 0.15) is 0 Å². The fourth-order valence-electron chi connectivity index (χ4n) is 2.85. The summed E-state index contributed by atoms with van der Waals surface area (Å²) in [5.41, 5.74) is 0. The van der Waals surface area contributed by atoms with Gasteiger partial charge in [-0.25, -0.2) is 0 Å². The average molecular weight is 377 g/mol. The normalized spacial score (nSPS) is 11.9. The zero-order valence-corrected chi connectivity index (χ0v) is 18.1. The largest absolute Gasteiger partial charge is 0.466 e. The summed E-state index contributed by atoms with van der Waals surface area (Å²) in [5, 5.41) is 0. The number of carbonyl (C=O) groups excluding carboxylic acids is 1. The molecule has 0 saturated carbocycles. The molecular formula is C25H44O2. The van der Waals surface area contributed by atoms with Gasteiger partial charge in [0, 0.05) is 6.42 Å². The smallest absolute Gasteiger partial charge is 0.305 e. The van der Waals surface area contributed by atoms with Crippen LogP contribution in [0.15, 0.2) is 36.5 Å². The molecule has 0 radical (unpaired) electrons. The molecule has 0 fully saturated rings. The molecule has 0 aliphatic heterocycles. The fourth-order valence-corrected chi connectivity index (χ4v) is 2.85. The van der Waals surface area contributed by atoms with Crippen LogP contribution in [0.25, 0.3) is 0 Å². The Morgan fingerprint density at radius 2 is 1.26 bits per heavy atom. The highest BCUT2D eigenvalue weighted by Gasteiger charge is 2.02. The molecular weight excluding hydrogens is 332 g/mol. The van der Waals surface area contributed by atoms with E-state index in [1.54, 1.807) is 0 Å². The first-order valence-corrected chi connectivity index (χ1v) is 11.4. The van der Waals surface area contributed by atoms with Crippen molar-refractivity contribution in [3.8, 4) is 0 Å². The van der Waals surface area contributed by atoms with Gasteiger partial charge in [-0.3, -0.25) is 4.79 Å². The number of rotatable bonds is 19. The molecule has 0 spiro atoms. The Morgan fingerprint density at radius 3 is 2.00 bits per heavy atom. The van der Waals surface area contributed by atoms with E-state index in [1.807, 2.05) is 0 Å². The Hall–Kier alpha value is -1.31. The standard InChI is InChI=1S/C25H44O2/c1-3-5-7-9-10-11-12-13-14-15-16-17-18-19-21-23-25(26)27-24-22-20-8-6-4-2/h5,7,10-11,13-14H,3-4,6,8-9,12,15-24H2,1-2H3/b7-5-,11-10-,14-13-. The van der Waals surface area contributed by atoms with Crippen molar-refractivity contribution < 1.29 is 9.53 Å². The molecule has 0 heterocycles. The predicted molar refractivity (Wildman–Crippen MR) is 119 cm³/mol. The number of unbranched alkanes of at least 4 members (excludes halogenated alkanes) is 9. The van der Waals surface area contributed by atoms with E-state index in [1.165, 1.54) is 51.4 Å². The lowest BCUT2D eigenvalue weighted by Gasteiger charge is -2.05. The SMILES string of the molecule is CC/C=C\C/C=C\C/C=C\CCCCCCCC(=O)OCCCCCCC. The Morgan fingerprint density at radius 1 is 0.667 bits per heavy atom. The summed E-state index contributed by atoms with van der Waals surface area (Å²) < 4.78 is 5.28. The minimum absolute atomic E-state index is 0.00772. The van der Waals surface area contributed by atoms with Crippen molar-refractivity contribution in [3.05, 3.63) is 36.5 Å². The lowest BCUT2D eigenvalue weighted by molar-refractivity contribution is -0.143. The third-order valence-corrected chi connectivity index (χ3v) is 4.54. The minimum atomic E-state index is -0.00772. The summed E-state index contributed by atoms with van der Waals surface area (Å²) in [5.74, 6) is -0.00772. The van der Waals surface area contributed by atoms with Crippen molar-refractivity contribution in [2.45, 2.75) is 110 Å². The molecule has 0 N–H and O–H groups in total. The maximum Gasteiger partial charge on any atom is 0.305 e. The number of allylic oxidation sites excluding steroid dienone is 6. The molecule has 0 aliphatic carbocycles. The van der Waals surface area contributed by atoms with Crippen molar-refractivity contribution in [3.63, 3.8) is 0 Å². The molecule has 0 aliphatic rings. The number of ether oxygens (including phenoxy) is 1. The summed E-state index contributed by atoms with van der Waals surface area (Å²) in [6.07, 6.45) is 30.3. The molecule has 0 unspecified atom stereocenters. The highest BCUT2D eigenvalue weighted by Crippen LogP contribution is 2.09. The van der Waals surface area contributed by atoms with Crippen LogP contribution in [0.2, 0.25) is 0 Å². The fraction of sp³-hybridized carbons (Fsp3) is 0.720. The van der Waals surface area contributed by atoms with E-state index >= 15 is 0 Å². The maximum atomic E-state index is 11.6. The molecule has 27 heavy (non-hydrogen) atoms. The van der Waals surface area contributed by atoms with Crippen LogP contribution >= 0.6 is 0 Å². The predicted octanol–water partition coefficient (Wildman–Crippen LogP) is 8.09. The lowest BCUT2D eigenvalue weighted by atomic mass is 10.1. The Bertz CT molecular complexity index is 393. The Kier molecular flexibility index (Phi) is 21.6. The van der Waals surface area contributed by atoms with Crippen LogP contribution in [0.3, 0.4) is 0 Å². The van der Waals surface area contributed by atoms with Gasteiger partial charge >= 0.3 is 5.97 Å². The van der Waals surface area contributed by atoms with E-state index in [0.29, 0.717) is 13.0 Å². The topological polar surface area (TPSA) is 26.3 Å². The number of hydrogen-bond acceptors (Lipinski definition) is 2. The average Bonchev–Trinajstić information content (AvgIpc) is 2.67. The second-order valence-electron chi connectivity index (χ2n) is 7.23. The van der Waals surface area contributed by atoms with Gasteiger partial charge in [0.2, 0.25) is 0 Å². The van der Waals surface area contributed by atoms with Crippen molar-refractivity contribution in [2.75, 3.05) is 6.61 Å². The molecule has 0 bridgehead atoms. The summed E-state index contributed by atoms with van der Waals surface area (Å²) in [6, 6.07) is 0. The lowest BCUT2D eigenvalue weighted by Crippen LogP contribution is -2.05. The molecule has 0 amide bonds. The monoisotopic (exact) mass is 376 g/mol. The third-order valence-electron chi connectivity index (χ3n) is 4.54. The Balaban J connectivity index is 3.28. The maximum absolute atomic E-state index is 11.6. The van der Waals surface area contributed by atoms with Crippen LogP contribution in [0.4, 0.5) is 0 Å². The second-order valence-corrected chi connectivity index (χ2v) is 7.23. The molecule has 0 aromatic carbocycles. The van der Waals surface area contributed by atoms with E-state index in [9.17, 15) is 4.79 Å². The second kappa shape index (κ2) is 22.7. The molecule has 156 valence electrons. The van der Waals surface area contributed by atoms with Gasteiger partial charge in [-0.05, 0) is 44.9 Å². The van der Waals surface area contributed by atoms with Gasteiger partial charge < -0.3 is 4.74 Å². The van der Waals surface area contributed by atoms with Crippen LogP contribution in [-0.4, -0.2) is 12.6 Å². The van der Waals surface area contributed by atoms with Crippen molar-refractivity contribution in [2.24, 2.45) is 0 Å². The van der Waals surface area contributed by atoms with Crippen molar-refractivity contribution >= 4 is 5.97 Å². The highest BCUT2D eigenvalue weighted by molar-refractivity contribution is 5.69. The first-order chi connectivity index (χ1) is 13.3. The summed E-state index contributed by atoms with van der Waals surface area (Å²) in [6.45, 7) is 4.98. The number of hydrogen-bond donors (Lipinski definition) is 0. The molecule has 0 aromatic heterocycles. The quantitative estimate of drug-likeness (QED) is 0.129. The van der Waals surface area contributed by atoms with Crippen LogP contribution in [-0.2, 0) is 9.53 Å².